The molecule has 1 atom stereocenters. The van der Waals surface area contributed by atoms with Crippen LogP contribution in [-0.2, 0) is 11.3 Å². The minimum Gasteiger partial charge on any atom is -0.445 e. The second kappa shape index (κ2) is 5.71. The van der Waals surface area contributed by atoms with Crippen molar-refractivity contribution in [1.82, 2.24) is 4.90 Å². The Bertz CT molecular complexity index is 364. The van der Waals surface area contributed by atoms with Crippen molar-refractivity contribution < 1.29 is 9.53 Å². The summed E-state index contributed by atoms with van der Waals surface area (Å²) < 4.78 is 5.32. The highest BCUT2D eigenvalue weighted by Crippen LogP contribution is 2.17. The molecule has 3 nitrogen and oxygen atoms in total. The Morgan fingerprint density at radius 3 is 2.82 bits per heavy atom. The van der Waals surface area contributed by atoms with Crippen LogP contribution in [0.5, 0.6) is 0 Å². The minimum atomic E-state index is -0.180. The van der Waals surface area contributed by atoms with Crippen LogP contribution >= 0.6 is 0 Å². The van der Waals surface area contributed by atoms with Crippen molar-refractivity contribution in [1.29, 1.82) is 0 Å². The molecule has 1 aromatic carbocycles. The third-order valence-corrected chi connectivity index (χ3v) is 3.24. The fraction of sp³-hybridized carbons (Fsp3) is 0.500. The maximum Gasteiger partial charge on any atom is 0.410 e. The molecular formula is C14H19NO2. The van der Waals surface area contributed by atoms with Gasteiger partial charge in [0.25, 0.3) is 0 Å². The zero-order valence-corrected chi connectivity index (χ0v) is 10.3. The average Bonchev–Trinajstić information content (AvgIpc) is 2.38. The van der Waals surface area contributed by atoms with Crippen LogP contribution in [0.1, 0.15) is 31.7 Å². The standard InChI is InChI=1S/C14H19NO2/c1-12-7-5-6-10-15(12)14(16)17-11-13-8-3-2-4-9-13/h2-4,8-9,12H,5-7,10-11H2,1H3/t12-/m1/s1. The Morgan fingerprint density at radius 1 is 1.35 bits per heavy atom. The van der Waals surface area contributed by atoms with Gasteiger partial charge < -0.3 is 9.64 Å². The average molecular weight is 233 g/mol. The fourth-order valence-corrected chi connectivity index (χ4v) is 2.17. The van der Waals surface area contributed by atoms with Gasteiger partial charge in [0.2, 0.25) is 0 Å². The number of hydrogen-bond acceptors (Lipinski definition) is 2. The highest BCUT2D eigenvalue weighted by molar-refractivity contribution is 5.68. The predicted octanol–water partition coefficient (Wildman–Crippen LogP) is 3.20. The van der Waals surface area contributed by atoms with Gasteiger partial charge in [0.05, 0.1) is 0 Å². The van der Waals surface area contributed by atoms with Crippen LogP contribution in [0.15, 0.2) is 30.3 Å². The molecule has 3 heteroatoms. The van der Waals surface area contributed by atoms with E-state index in [9.17, 15) is 4.79 Å². The van der Waals surface area contributed by atoms with Crippen molar-refractivity contribution in [2.45, 2.75) is 38.8 Å². The second-order valence-electron chi connectivity index (χ2n) is 4.58. The SMILES string of the molecule is C[C@@H]1CCCCN1C(=O)OCc1ccccc1. The van der Waals surface area contributed by atoms with E-state index in [2.05, 4.69) is 6.92 Å². The number of hydrogen-bond donors (Lipinski definition) is 0. The van der Waals surface area contributed by atoms with Crippen molar-refractivity contribution in [2.24, 2.45) is 0 Å². The van der Waals surface area contributed by atoms with Crippen LogP contribution < -0.4 is 0 Å². The van der Waals surface area contributed by atoms with Gasteiger partial charge in [-0.2, -0.15) is 0 Å². The van der Waals surface area contributed by atoms with E-state index in [0.717, 1.165) is 24.9 Å². The monoisotopic (exact) mass is 233 g/mol. The van der Waals surface area contributed by atoms with Gasteiger partial charge in [0, 0.05) is 12.6 Å². The molecule has 1 fully saturated rings. The van der Waals surface area contributed by atoms with Gasteiger partial charge in [-0.25, -0.2) is 4.79 Å². The van der Waals surface area contributed by atoms with Gasteiger partial charge in [-0.3, -0.25) is 0 Å². The molecule has 0 N–H and O–H groups in total. The summed E-state index contributed by atoms with van der Waals surface area (Å²) in [7, 11) is 0. The van der Waals surface area contributed by atoms with E-state index in [4.69, 9.17) is 4.74 Å². The summed E-state index contributed by atoms with van der Waals surface area (Å²) in [6.07, 6.45) is 3.20. The molecule has 92 valence electrons. The number of rotatable bonds is 2. The largest absolute Gasteiger partial charge is 0.445 e. The lowest BCUT2D eigenvalue weighted by Gasteiger charge is -2.32. The Kier molecular flexibility index (Phi) is 4.02. The number of benzene rings is 1. The zero-order chi connectivity index (χ0) is 12.1. The van der Waals surface area contributed by atoms with Crippen LogP contribution in [-0.4, -0.2) is 23.6 Å². The maximum absolute atomic E-state index is 11.9. The molecule has 2 rings (SSSR count). The van der Waals surface area contributed by atoms with E-state index < -0.39 is 0 Å². The molecule has 0 unspecified atom stereocenters. The molecule has 0 bridgehead atoms. The molecule has 0 radical (unpaired) electrons. The summed E-state index contributed by atoms with van der Waals surface area (Å²) in [6, 6.07) is 10.1. The van der Waals surface area contributed by atoms with Crippen molar-refractivity contribution in [3.05, 3.63) is 35.9 Å². The van der Waals surface area contributed by atoms with Crippen LogP contribution in [0.2, 0.25) is 0 Å². The molecule has 0 aliphatic carbocycles. The number of nitrogens with zero attached hydrogens (tertiary/aromatic N) is 1. The molecule has 1 heterocycles. The lowest BCUT2D eigenvalue weighted by molar-refractivity contribution is 0.0722. The quantitative estimate of drug-likeness (QED) is 0.785. The van der Waals surface area contributed by atoms with E-state index in [1.807, 2.05) is 35.2 Å². The molecule has 1 amide bonds. The second-order valence-corrected chi connectivity index (χ2v) is 4.58. The molecular weight excluding hydrogens is 214 g/mol. The Labute approximate surface area is 102 Å². The molecule has 0 saturated carbocycles. The molecule has 0 spiro atoms. The smallest absolute Gasteiger partial charge is 0.410 e. The topological polar surface area (TPSA) is 29.5 Å². The summed E-state index contributed by atoms with van der Waals surface area (Å²) in [5.74, 6) is 0. The van der Waals surface area contributed by atoms with Crippen LogP contribution in [0.25, 0.3) is 0 Å². The molecule has 1 aliphatic heterocycles. The lowest BCUT2D eigenvalue weighted by atomic mass is 10.0. The summed E-state index contributed by atoms with van der Waals surface area (Å²) in [5.41, 5.74) is 1.03. The van der Waals surface area contributed by atoms with Gasteiger partial charge in [-0.05, 0) is 31.7 Å². The van der Waals surface area contributed by atoms with Crippen LogP contribution in [0, 0.1) is 0 Å². The number of amides is 1. The summed E-state index contributed by atoms with van der Waals surface area (Å²) in [4.78, 5) is 13.7. The van der Waals surface area contributed by atoms with Gasteiger partial charge in [0.15, 0.2) is 0 Å². The highest BCUT2D eigenvalue weighted by Gasteiger charge is 2.24. The zero-order valence-electron chi connectivity index (χ0n) is 10.3. The number of carbonyl (C=O) groups excluding carboxylic acids is 1. The molecule has 1 saturated heterocycles. The van der Waals surface area contributed by atoms with E-state index in [1.165, 1.54) is 6.42 Å². The first-order chi connectivity index (χ1) is 8.27. The normalized spacial score (nSPS) is 20.1. The van der Waals surface area contributed by atoms with Crippen LogP contribution in [0.4, 0.5) is 4.79 Å². The van der Waals surface area contributed by atoms with E-state index in [1.54, 1.807) is 0 Å². The summed E-state index contributed by atoms with van der Waals surface area (Å²) in [6.45, 7) is 3.28. The molecule has 1 aliphatic rings. The van der Waals surface area contributed by atoms with Crippen molar-refractivity contribution in [2.75, 3.05) is 6.54 Å². The van der Waals surface area contributed by atoms with E-state index in [-0.39, 0.29) is 6.09 Å². The van der Waals surface area contributed by atoms with Crippen molar-refractivity contribution >= 4 is 6.09 Å². The summed E-state index contributed by atoms with van der Waals surface area (Å²) in [5, 5.41) is 0. The Balaban J connectivity index is 1.84. The Morgan fingerprint density at radius 2 is 2.12 bits per heavy atom. The van der Waals surface area contributed by atoms with Gasteiger partial charge in [-0.1, -0.05) is 30.3 Å². The third kappa shape index (κ3) is 3.22. The maximum atomic E-state index is 11.9. The van der Waals surface area contributed by atoms with Crippen LogP contribution in [0.3, 0.4) is 0 Å². The third-order valence-electron chi connectivity index (χ3n) is 3.24. The fourth-order valence-electron chi connectivity index (χ4n) is 2.17. The molecule has 1 aromatic rings. The number of ether oxygens (including phenoxy) is 1. The predicted molar refractivity (Wildman–Crippen MR) is 66.6 cm³/mol. The Hall–Kier alpha value is -1.51. The highest BCUT2D eigenvalue weighted by atomic mass is 16.6. The van der Waals surface area contributed by atoms with Gasteiger partial charge in [-0.15, -0.1) is 0 Å². The number of likely N-dealkylation sites (tertiary alicyclic amines) is 1. The molecule has 17 heavy (non-hydrogen) atoms. The first kappa shape index (κ1) is 12.0. The first-order valence-electron chi connectivity index (χ1n) is 6.24. The van der Waals surface area contributed by atoms with Crippen molar-refractivity contribution in [3.8, 4) is 0 Å². The van der Waals surface area contributed by atoms with Gasteiger partial charge >= 0.3 is 6.09 Å². The molecule has 0 aromatic heterocycles. The van der Waals surface area contributed by atoms with Gasteiger partial charge in [0.1, 0.15) is 6.61 Å². The lowest BCUT2D eigenvalue weighted by Crippen LogP contribution is -2.42. The van der Waals surface area contributed by atoms with Crippen molar-refractivity contribution in [3.63, 3.8) is 0 Å². The summed E-state index contributed by atoms with van der Waals surface area (Å²) >= 11 is 0. The number of carbonyl (C=O) groups is 1. The minimum absolute atomic E-state index is 0.180. The number of piperidine rings is 1. The van der Waals surface area contributed by atoms with E-state index >= 15 is 0 Å². The first-order valence-corrected chi connectivity index (χ1v) is 6.24. The van der Waals surface area contributed by atoms with E-state index in [0.29, 0.717) is 12.6 Å².